The Morgan fingerprint density at radius 3 is 2.67 bits per heavy atom. The number of fused-ring (bicyclic) bond motifs is 1. The molecular formula is C13H16Cl2N2O3S. The minimum absolute atomic E-state index is 0. The molecule has 1 amide bonds. The minimum atomic E-state index is -1.08. The van der Waals surface area contributed by atoms with E-state index in [0.717, 1.165) is 31.4 Å². The number of aliphatic carboxylic acids is 1. The molecule has 2 atom stereocenters. The molecule has 2 heterocycles. The van der Waals surface area contributed by atoms with Gasteiger partial charge in [0.25, 0.3) is 5.91 Å². The van der Waals surface area contributed by atoms with E-state index in [0.29, 0.717) is 11.3 Å². The van der Waals surface area contributed by atoms with E-state index in [1.165, 1.54) is 4.90 Å². The van der Waals surface area contributed by atoms with Gasteiger partial charge in [0.05, 0.1) is 0 Å². The quantitative estimate of drug-likeness (QED) is 0.626. The second kappa shape index (κ2) is 6.58. The molecule has 1 saturated heterocycles. The van der Waals surface area contributed by atoms with Crippen molar-refractivity contribution < 1.29 is 14.7 Å². The standard InChI is InChI=1S/C13H15ClN2O3S.ClH/c14-5-7-6-20-12-9(15-8-3-1-2-4-8)11(17)16(12)10(7)13(18)19;/h9,12H,1-6H2,(H,18,19);1H/t9-,12+;/m1./s1. The molecule has 1 aliphatic carbocycles. The summed E-state index contributed by atoms with van der Waals surface area (Å²) >= 11 is 7.33. The lowest BCUT2D eigenvalue weighted by Gasteiger charge is -2.47. The van der Waals surface area contributed by atoms with Crippen LogP contribution in [-0.4, -0.2) is 50.6 Å². The largest absolute Gasteiger partial charge is 0.477 e. The Balaban J connectivity index is 0.00000161. The lowest BCUT2D eigenvalue weighted by Crippen LogP contribution is -2.64. The van der Waals surface area contributed by atoms with E-state index in [4.69, 9.17) is 11.6 Å². The number of carboxylic acid groups (broad SMARTS) is 1. The van der Waals surface area contributed by atoms with E-state index >= 15 is 0 Å². The fourth-order valence-electron chi connectivity index (χ4n) is 2.86. The van der Waals surface area contributed by atoms with E-state index < -0.39 is 12.0 Å². The SMILES string of the molecule is Cl.O=C(O)C1=C(CCl)CS[C@H]2[C@H](N=C3CCCC3)C(=O)N12. The molecule has 8 heteroatoms. The number of nitrogens with zero attached hydrogens (tertiary/aromatic N) is 2. The Hall–Kier alpha value is -0.720. The zero-order valence-electron chi connectivity index (χ0n) is 11.2. The molecule has 116 valence electrons. The number of thioether (sulfide) groups is 1. The Kier molecular flexibility index (Phi) is 5.22. The van der Waals surface area contributed by atoms with Crippen molar-refractivity contribution in [1.82, 2.24) is 4.90 Å². The van der Waals surface area contributed by atoms with Gasteiger partial charge < -0.3 is 5.11 Å². The summed E-state index contributed by atoms with van der Waals surface area (Å²) in [6.45, 7) is 0. The number of carbonyl (C=O) groups is 2. The summed E-state index contributed by atoms with van der Waals surface area (Å²) in [5, 5.41) is 9.12. The van der Waals surface area contributed by atoms with Crippen LogP contribution in [0.15, 0.2) is 16.3 Å². The lowest BCUT2D eigenvalue weighted by atomic mass is 10.0. The molecule has 3 rings (SSSR count). The van der Waals surface area contributed by atoms with Crippen molar-refractivity contribution in [2.45, 2.75) is 37.1 Å². The minimum Gasteiger partial charge on any atom is -0.477 e. The van der Waals surface area contributed by atoms with E-state index in [9.17, 15) is 14.7 Å². The summed E-state index contributed by atoms with van der Waals surface area (Å²) in [4.78, 5) is 29.5. The first kappa shape index (κ1) is 16.6. The second-order valence-electron chi connectivity index (χ2n) is 5.15. The van der Waals surface area contributed by atoms with Crippen LogP contribution in [0.3, 0.4) is 0 Å². The third-order valence-electron chi connectivity index (χ3n) is 3.89. The van der Waals surface area contributed by atoms with E-state index in [1.807, 2.05) is 0 Å². The van der Waals surface area contributed by atoms with Crippen molar-refractivity contribution in [3.63, 3.8) is 0 Å². The van der Waals surface area contributed by atoms with Crippen LogP contribution in [0.25, 0.3) is 0 Å². The summed E-state index contributed by atoms with van der Waals surface area (Å²) in [5.74, 6) is -0.585. The van der Waals surface area contributed by atoms with E-state index in [1.54, 1.807) is 11.8 Å². The fraction of sp³-hybridized carbons (Fsp3) is 0.615. The predicted molar refractivity (Wildman–Crippen MR) is 85.4 cm³/mol. The average molecular weight is 351 g/mol. The van der Waals surface area contributed by atoms with Gasteiger partial charge in [-0.05, 0) is 31.3 Å². The third kappa shape index (κ3) is 2.81. The Morgan fingerprint density at radius 2 is 2.10 bits per heavy atom. The highest BCUT2D eigenvalue weighted by molar-refractivity contribution is 8.00. The predicted octanol–water partition coefficient (Wildman–Crippen LogP) is 2.28. The summed E-state index contributed by atoms with van der Waals surface area (Å²) in [6, 6.07) is -0.403. The maximum atomic E-state index is 12.2. The van der Waals surface area contributed by atoms with Crippen molar-refractivity contribution in [3.8, 4) is 0 Å². The van der Waals surface area contributed by atoms with Gasteiger partial charge >= 0.3 is 5.97 Å². The number of rotatable bonds is 3. The van der Waals surface area contributed by atoms with Gasteiger partial charge in [0.2, 0.25) is 0 Å². The fourth-order valence-corrected chi connectivity index (χ4v) is 4.52. The summed E-state index contributed by atoms with van der Waals surface area (Å²) in [7, 11) is 0. The van der Waals surface area contributed by atoms with Gasteiger partial charge in [-0.3, -0.25) is 14.7 Å². The van der Waals surface area contributed by atoms with Crippen LogP contribution in [0.2, 0.25) is 0 Å². The molecule has 0 radical (unpaired) electrons. The first-order chi connectivity index (χ1) is 9.63. The molecule has 1 N–H and O–H groups in total. The summed E-state index contributed by atoms with van der Waals surface area (Å²) in [6.07, 6.45) is 4.21. The molecule has 2 fully saturated rings. The molecule has 0 aromatic heterocycles. The summed E-state index contributed by atoms with van der Waals surface area (Å²) in [5.41, 5.74) is 1.78. The molecule has 0 aromatic carbocycles. The Bertz CT molecular complexity index is 528. The van der Waals surface area contributed by atoms with Crippen molar-refractivity contribution in [3.05, 3.63) is 11.3 Å². The van der Waals surface area contributed by atoms with Crippen LogP contribution in [0.4, 0.5) is 0 Å². The lowest BCUT2D eigenvalue weighted by molar-refractivity contribution is -0.147. The van der Waals surface area contributed by atoms with Gasteiger partial charge in [0, 0.05) is 17.3 Å². The van der Waals surface area contributed by atoms with Crippen molar-refractivity contribution in [1.29, 1.82) is 0 Å². The van der Waals surface area contributed by atoms with Gasteiger partial charge in [-0.15, -0.1) is 35.8 Å². The van der Waals surface area contributed by atoms with Crippen molar-refractivity contribution in [2.75, 3.05) is 11.6 Å². The Labute approximate surface area is 138 Å². The van der Waals surface area contributed by atoms with Gasteiger partial charge in [0.15, 0.2) is 6.04 Å². The number of β-lactam (4-membered cyclic amide) rings is 1. The van der Waals surface area contributed by atoms with Crippen LogP contribution in [0, 0.1) is 0 Å². The highest BCUT2D eigenvalue weighted by atomic mass is 35.5. The number of halogens is 2. The number of alkyl halides is 1. The Morgan fingerprint density at radius 1 is 1.43 bits per heavy atom. The van der Waals surface area contributed by atoms with E-state index in [-0.39, 0.29) is 35.3 Å². The summed E-state index contributed by atoms with van der Waals surface area (Å²) < 4.78 is 0. The highest BCUT2D eigenvalue weighted by Crippen LogP contribution is 2.42. The molecule has 1 saturated carbocycles. The maximum absolute atomic E-state index is 12.2. The smallest absolute Gasteiger partial charge is 0.352 e. The normalized spacial score (nSPS) is 28.0. The van der Waals surface area contributed by atoms with E-state index in [2.05, 4.69) is 4.99 Å². The molecule has 0 aromatic rings. The molecule has 21 heavy (non-hydrogen) atoms. The third-order valence-corrected chi connectivity index (χ3v) is 5.53. The topological polar surface area (TPSA) is 70.0 Å². The van der Waals surface area contributed by atoms with Gasteiger partial charge in [-0.2, -0.15) is 0 Å². The van der Waals surface area contributed by atoms with Crippen molar-refractivity contribution in [2.24, 2.45) is 4.99 Å². The number of aliphatic imine (C=N–C) groups is 1. The number of amides is 1. The van der Waals surface area contributed by atoms with Crippen LogP contribution in [0.1, 0.15) is 25.7 Å². The number of hydrogen-bond donors (Lipinski definition) is 1. The molecule has 0 spiro atoms. The number of carboxylic acids is 1. The second-order valence-corrected chi connectivity index (χ2v) is 6.52. The molecule has 0 unspecified atom stereocenters. The average Bonchev–Trinajstić information content (AvgIpc) is 2.95. The maximum Gasteiger partial charge on any atom is 0.352 e. The highest BCUT2D eigenvalue weighted by Gasteiger charge is 2.53. The van der Waals surface area contributed by atoms with Gasteiger partial charge in [-0.25, -0.2) is 4.79 Å². The van der Waals surface area contributed by atoms with Crippen LogP contribution >= 0.6 is 35.8 Å². The first-order valence-electron chi connectivity index (χ1n) is 6.65. The molecule has 2 aliphatic heterocycles. The number of carbonyl (C=O) groups excluding carboxylic acids is 1. The van der Waals surface area contributed by atoms with Gasteiger partial charge in [-0.1, -0.05) is 0 Å². The van der Waals surface area contributed by atoms with Crippen LogP contribution in [-0.2, 0) is 9.59 Å². The zero-order chi connectivity index (χ0) is 14.3. The monoisotopic (exact) mass is 350 g/mol. The van der Waals surface area contributed by atoms with Gasteiger partial charge in [0.1, 0.15) is 11.1 Å². The first-order valence-corrected chi connectivity index (χ1v) is 8.23. The van der Waals surface area contributed by atoms with Crippen molar-refractivity contribution >= 4 is 53.4 Å². The van der Waals surface area contributed by atoms with Crippen LogP contribution in [0.5, 0.6) is 0 Å². The molecule has 3 aliphatic rings. The molecular weight excluding hydrogens is 335 g/mol. The zero-order valence-corrected chi connectivity index (χ0v) is 13.6. The molecule has 0 bridgehead atoms. The number of hydrogen-bond acceptors (Lipinski definition) is 4. The molecule has 5 nitrogen and oxygen atoms in total. The van der Waals surface area contributed by atoms with Crippen LogP contribution < -0.4 is 0 Å².